The highest BCUT2D eigenvalue weighted by Gasteiger charge is 2.29. The van der Waals surface area contributed by atoms with Crippen LogP contribution in [0.4, 0.5) is 23.2 Å². The van der Waals surface area contributed by atoms with Crippen molar-refractivity contribution >= 4 is 11.6 Å². The van der Waals surface area contributed by atoms with E-state index in [1.807, 2.05) is 0 Å². The lowest BCUT2D eigenvalue weighted by Crippen LogP contribution is -2.19. The lowest BCUT2D eigenvalue weighted by atomic mass is 10.2. The van der Waals surface area contributed by atoms with Crippen LogP contribution in [-0.2, 0) is 12.8 Å². The molecule has 1 aliphatic rings. The number of rotatable bonds is 5. The molecule has 1 amide bonds. The van der Waals surface area contributed by atoms with Gasteiger partial charge < -0.3 is 10.1 Å². The van der Waals surface area contributed by atoms with E-state index in [1.54, 1.807) is 16.8 Å². The molecule has 4 rings (SSSR count). The maximum absolute atomic E-state index is 13.2. The largest absolute Gasteiger partial charge is 0.468 e. The number of hydrogen-bond donors (Lipinski definition) is 1. The summed E-state index contributed by atoms with van der Waals surface area (Å²) in [6.07, 6.45) is -0.928. The molecule has 0 fully saturated rings. The van der Waals surface area contributed by atoms with Gasteiger partial charge in [-0.15, -0.1) is 0 Å². The van der Waals surface area contributed by atoms with Crippen LogP contribution in [0.15, 0.2) is 42.6 Å². The summed E-state index contributed by atoms with van der Waals surface area (Å²) in [5.74, 6) is -1.03. The van der Waals surface area contributed by atoms with Crippen molar-refractivity contribution in [3.63, 3.8) is 0 Å². The van der Waals surface area contributed by atoms with Gasteiger partial charge in [-0.3, -0.25) is 4.79 Å². The van der Waals surface area contributed by atoms with E-state index in [9.17, 15) is 22.4 Å². The molecule has 1 aliphatic carbocycles. The molecule has 0 spiro atoms. The molecule has 1 aromatic carbocycles. The van der Waals surface area contributed by atoms with Crippen LogP contribution in [-0.4, -0.2) is 33.5 Å². The van der Waals surface area contributed by atoms with Crippen molar-refractivity contribution in [3.8, 4) is 11.6 Å². The molecule has 0 bridgehead atoms. The predicted molar refractivity (Wildman–Crippen MR) is 99.3 cm³/mol. The Balaban J connectivity index is 1.51. The summed E-state index contributed by atoms with van der Waals surface area (Å²) in [6, 6.07) is 8.47. The van der Waals surface area contributed by atoms with Gasteiger partial charge in [-0.1, -0.05) is 0 Å². The Morgan fingerprint density at radius 2 is 1.90 bits per heavy atom. The smallest absolute Gasteiger partial charge is 0.422 e. The van der Waals surface area contributed by atoms with E-state index in [0.29, 0.717) is 17.8 Å². The second-order valence-corrected chi connectivity index (χ2v) is 6.76. The molecule has 0 unspecified atom stereocenters. The van der Waals surface area contributed by atoms with Crippen LogP contribution < -0.4 is 10.1 Å². The Morgan fingerprint density at radius 3 is 2.57 bits per heavy atom. The second kappa shape index (κ2) is 7.77. The number of nitrogens with one attached hydrogen (secondary N) is 1. The molecule has 3 aromatic rings. The first-order valence-electron chi connectivity index (χ1n) is 9.14. The molecule has 30 heavy (non-hydrogen) atoms. The van der Waals surface area contributed by atoms with Gasteiger partial charge in [-0.25, -0.2) is 14.1 Å². The first-order valence-corrected chi connectivity index (χ1v) is 9.14. The van der Waals surface area contributed by atoms with E-state index >= 15 is 0 Å². The Kier molecular flexibility index (Phi) is 5.15. The Morgan fingerprint density at radius 1 is 1.13 bits per heavy atom. The number of alkyl halides is 3. The van der Waals surface area contributed by atoms with Crippen LogP contribution in [0.3, 0.4) is 0 Å². The third-order valence-corrected chi connectivity index (χ3v) is 4.59. The van der Waals surface area contributed by atoms with Crippen LogP contribution >= 0.6 is 0 Å². The minimum absolute atomic E-state index is 0.202. The topological polar surface area (TPSA) is 69.0 Å². The summed E-state index contributed by atoms with van der Waals surface area (Å²) in [5, 5.41) is 7.06. The maximum Gasteiger partial charge on any atom is 0.422 e. The summed E-state index contributed by atoms with van der Waals surface area (Å²) in [7, 11) is 0. The molecular formula is C20H16F4N4O2. The van der Waals surface area contributed by atoms with E-state index in [-0.39, 0.29) is 17.4 Å². The van der Waals surface area contributed by atoms with E-state index in [4.69, 9.17) is 0 Å². The zero-order chi connectivity index (χ0) is 21.3. The van der Waals surface area contributed by atoms with E-state index < -0.39 is 18.7 Å². The van der Waals surface area contributed by atoms with Gasteiger partial charge in [0.15, 0.2) is 12.3 Å². The van der Waals surface area contributed by atoms with Gasteiger partial charge in [0.05, 0.1) is 17.6 Å². The number of carbonyl (C=O) groups excluding carboxylic acids is 1. The van der Waals surface area contributed by atoms with Gasteiger partial charge in [0, 0.05) is 17.3 Å². The van der Waals surface area contributed by atoms with Crippen LogP contribution in [0.25, 0.3) is 5.69 Å². The minimum atomic E-state index is -4.46. The number of carbonyl (C=O) groups is 1. The van der Waals surface area contributed by atoms with Gasteiger partial charge >= 0.3 is 6.18 Å². The van der Waals surface area contributed by atoms with Crippen LogP contribution in [0.2, 0.25) is 0 Å². The number of aromatic nitrogens is 3. The van der Waals surface area contributed by atoms with E-state index in [1.165, 1.54) is 30.5 Å². The number of anilines is 1. The van der Waals surface area contributed by atoms with Crippen molar-refractivity contribution in [3.05, 3.63) is 65.4 Å². The van der Waals surface area contributed by atoms with Crippen molar-refractivity contribution in [2.45, 2.75) is 25.4 Å². The first kappa shape index (κ1) is 19.9. The van der Waals surface area contributed by atoms with Gasteiger partial charge in [-0.2, -0.15) is 18.3 Å². The minimum Gasteiger partial charge on any atom is -0.468 e. The van der Waals surface area contributed by atoms with Crippen molar-refractivity contribution in [2.75, 3.05) is 11.9 Å². The van der Waals surface area contributed by atoms with E-state index in [0.717, 1.165) is 24.1 Å². The van der Waals surface area contributed by atoms with Gasteiger partial charge in [0.2, 0.25) is 5.88 Å². The zero-order valence-corrected chi connectivity index (χ0v) is 15.5. The standard InChI is InChI=1S/C20H16F4N4O2/c21-12-4-7-14(8-5-12)28-16-3-1-2-15(16)18(27-28)19(29)26-13-6-9-17(25-10-13)30-11-20(22,23)24/h4-10H,1-3,11H2,(H,26,29). The lowest BCUT2D eigenvalue weighted by molar-refractivity contribution is -0.154. The number of halogens is 4. The average molecular weight is 420 g/mol. The summed E-state index contributed by atoms with van der Waals surface area (Å²) < 4.78 is 56.0. The van der Waals surface area contributed by atoms with Gasteiger partial charge in [-0.05, 0) is 49.6 Å². The van der Waals surface area contributed by atoms with Crippen molar-refractivity contribution in [1.82, 2.24) is 14.8 Å². The Hall–Kier alpha value is -3.43. The normalized spacial score (nSPS) is 13.2. The highest BCUT2D eigenvalue weighted by Crippen LogP contribution is 2.28. The summed E-state index contributed by atoms with van der Waals surface area (Å²) in [5.41, 5.74) is 2.93. The SMILES string of the molecule is O=C(Nc1ccc(OCC(F)(F)F)nc1)c1nn(-c2ccc(F)cc2)c2c1CCC2. The maximum atomic E-state index is 13.2. The molecule has 0 saturated carbocycles. The molecule has 6 nitrogen and oxygen atoms in total. The van der Waals surface area contributed by atoms with Crippen molar-refractivity contribution < 1.29 is 27.1 Å². The summed E-state index contributed by atoms with van der Waals surface area (Å²) in [4.78, 5) is 16.5. The molecular weight excluding hydrogens is 404 g/mol. The number of benzene rings is 1. The number of ether oxygens (including phenoxy) is 1. The molecule has 0 aliphatic heterocycles. The van der Waals surface area contributed by atoms with Crippen LogP contribution in [0, 0.1) is 5.82 Å². The third-order valence-electron chi connectivity index (χ3n) is 4.59. The Labute approximate surface area is 168 Å². The molecule has 0 atom stereocenters. The fourth-order valence-corrected chi connectivity index (χ4v) is 3.30. The van der Waals surface area contributed by atoms with Crippen molar-refractivity contribution in [1.29, 1.82) is 0 Å². The highest BCUT2D eigenvalue weighted by atomic mass is 19.4. The highest BCUT2D eigenvalue weighted by molar-refractivity contribution is 6.04. The number of pyridine rings is 1. The number of nitrogens with zero attached hydrogens (tertiary/aromatic N) is 3. The fraction of sp³-hybridized carbons (Fsp3) is 0.250. The molecule has 10 heteroatoms. The van der Waals surface area contributed by atoms with Gasteiger partial charge in [0.25, 0.3) is 5.91 Å². The number of hydrogen-bond acceptors (Lipinski definition) is 4. The summed E-state index contributed by atoms with van der Waals surface area (Å²) >= 11 is 0. The second-order valence-electron chi connectivity index (χ2n) is 6.76. The third kappa shape index (κ3) is 4.27. The molecule has 0 saturated heterocycles. The monoisotopic (exact) mass is 420 g/mol. The molecule has 156 valence electrons. The Bertz CT molecular complexity index is 1060. The molecule has 1 N–H and O–H groups in total. The fourth-order valence-electron chi connectivity index (χ4n) is 3.30. The molecule has 0 radical (unpaired) electrons. The quantitative estimate of drug-likeness (QED) is 0.632. The predicted octanol–water partition coefficient (Wildman–Crippen LogP) is 4.09. The van der Waals surface area contributed by atoms with Crippen LogP contribution in [0.1, 0.15) is 28.2 Å². The molecule has 2 aromatic heterocycles. The number of amides is 1. The first-order chi connectivity index (χ1) is 14.3. The van der Waals surface area contributed by atoms with Gasteiger partial charge in [0.1, 0.15) is 5.82 Å². The van der Waals surface area contributed by atoms with Crippen LogP contribution in [0.5, 0.6) is 5.88 Å². The summed E-state index contributed by atoms with van der Waals surface area (Å²) in [6.45, 7) is -1.45. The average Bonchev–Trinajstić information content (AvgIpc) is 3.30. The molecule has 2 heterocycles. The van der Waals surface area contributed by atoms with Crippen molar-refractivity contribution in [2.24, 2.45) is 0 Å². The zero-order valence-electron chi connectivity index (χ0n) is 15.5. The lowest BCUT2D eigenvalue weighted by Gasteiger charge is -2.09. The number of fused-ring (bicyclic) bond motifs is 1. The van der Waals surface area contributed by atoms with E-state index in [2.05, 4.69) is 20.1 Å².